The fourth-order valence-corrected chi connectivity index (χ4v) is 4.15. The van der Waals surface area contributed by atoms with Gasteiger partial charge in [-0.25, -0.2) is 9.97 Å². The first-order chi connectivity index (χ1) is 13.8. The molecule has 0 spiro atoms. The first-order valence-corrected chi connectivity index (χ1v) is 10.1. The van der Waals surface area contributed by atoms with Crippen molar-refractivity contribution in [3.05, 3.63) is 70.8 Å². The molecule has 0 aliphatic heterocycles. The Kier molecular flexibility index (Phi) is 5.83. The summed E-state index contributed by atoms with van der Waals surface area (Å²) < 4.78 is 1.05. The van der Waals surface area contributed by atoms with Crippen molar-refractivity contribution in [1.29, 1.82) is 0 Å². The minimum absolute atomic E-state index is 0.107. The Balaban J connectivity index is 1.65. The SMILES string of the molecule is OCCNCc1nc2c(Nc3cccc(-c4ccccc4)c3Cl)nccc2s1. The predicted molar refractivity (Wildman–Crippen MR) is 116 cm³/mol. The number of fused-ring (bicyclic) bond motifs is 1. The van der Waals surface area contributed by atoms with E-state index in [9.17, 15) is 0 Å². The van der Waals surface area contributed by atoms with Crippen LogP contribution >= 0.6 is 22.9 Å². The molecule has 3 N–H and O–H groups in total. The lowest BCUT2D eigenvalue weighted by Crippen LogP contribution is -2.17. The zero-order chi connectivity index (χ0) is 19.3. The average Bonchev–Trinajstić information content (AvgIpc) is 3.14. The highest BCUT2D eigenvalue weighted by Gasteiger charge is 2.13. The van der Waals surface area contributed by atoms with Crippen LogP contribution in [0.4, 0.5) is 11.5 Å². The lowest BCUT2D eigenvalue weighted by molar-refractivity contribution is 0.292. The van der Waals surface area contributed by atoms with Crippen molar-refractivity contribution in [2.45, 2.75) is 6.54 Å². The Labute approximate surface area is 172 Å². The molecule has 142 valence electrons. The minimum atomic E-state index is 0.107. The van der Waals surface area contributed by atoms with Crippen molar-refractivity contribution < 1.29 is 5.11 Å². The van der Waals surface area contributed by atoms with Gasteiger partial charge in [0.25, 0.3) is 0 Å². The highest BCUT2D eigenvalue weighted by atomic mass is 35.5. The van der Waals surface area contributed by atoms with Crippen LogP contribution in [0.5, 0.6) is 0 Å². The molecule has 4 aromatic rings. The summed E-state index contributed by atoms with van der Waals surface area (Å²) in [5, 5.41) is 17.0. The number of benzene rings is 2. The van der Waals surface area contributed by atoms with Crippen LogP contribution in [0.1, 0.15) is 5.01 Å². The largest absolute Gasteiger partial charge is 0.395 e. The third kappa shape index (κ3) is 4.00. The molecule has 2 aromatic heterocycles. The van der Waals surface area contributed by atoms with Crippen LogP contribution in [-0.2, 0) is 6.54 Å². The second-order valence-electron chi connectivity index (χ2n) is 6.17. The van der Waals surface area contributed by atoms with Gasteiger partial charge >= 0.3 is 0 Å². The van der Waals surface area contributed by atoms with Crippen LogP contribution in [-0.4, -0.2) is 28.2 Å². The summed E-state index contributed by atoms with van der Waals surface area (Å²) >= 11 is 8.30. The van der Waals surface area contributed by atoms with Gasteiger partial charge in [0.05, 0.1) is 22.0 Å². The fraction of sp³-hybridized carbons (Fsp3) is 0.143. The Morgan fingerprint density at radius 1 is 1.04 bits per heavy atom. The number of hydrogen-bond donors (Lipinski definition) is 3. The van der Waals surface area contributed by atoms with Crippen LogP contribution in [0.15, 0.2) is 60.8 Å². The van der Waals surface area contributed by atoms with Gasteiger partial charge in [-0.2, -0.15) is 0 Å². The normalized spacial score (nSPS) is 11.1. The number of anilines is 2. The maximum Gasteiger partial charge on any atom is 0.157 e. The van der Waals surface area contributed by atoms with E-state index in [4.69, 9.17) is 21.7 Å². The summed E-state index contributed by atoms with van der Waals surface area (Å²) in [4.78, 5) is 9.17. The third-order valence-electron chi connectivity index (χ3n) is 4.25. The standard InChI is InChI=1S/C21H19ClN4OS/c22-19-15(14-5-2-1-3-6-14)7-4-8-16(19)25-21-20-17(9-10-24-21)28-18(26-20)13-23-11-12-27/h1-10,23,27H,11-13H2,(H,24,25). The van der Waals surface area contributed by atoms with Gasteiger partial charge in [-0.3, -0.25) is 0 Å². The van der Waals surface area contributed by atoms with Gasteiger partial charge < -0.3 is 15.7 Å². The van der Waals surface area contributed by atoms with Crippen LogP contribution in [0, 0.1) is 0 Å². The van der Waals surface area contributed by atoms with E-state index in [-0.39, 0.29) is 6.61 Å². The van der Waals surface area contributed by atoms with Crippen LogP contribution in [0.3, 0.4) is 0 Å². The molecule has 4 rings (SSSR count). The number of aliphatic hydroxyl groups excluding tert-OH is 1. The third-order valence-corrected chi connectivity index (χ3v) is 5.68. The molecule has 0 saturated carbocycles. The number of thiazole rings is 1. The van der Waals surface area contributed by atoms with Gasteiger partial charge in [-0.1, -0.05) is 54.1 Å². The number of rotatable bonds is 7. The molecule has 28 heavy (non-hydrogen) atoms. The van der Waals surface area contributed by atoms with E-state index in [2.05, 4.69) is 15.6 Å². The van der Waals surface area contributed by atoms with Gasteiger partial charge in [0.15, 0.2) is 5.82 Å². The number of nitrogens with one attached hydrogen (secondary N) is 2. The van der Waals surface area contributed by atoms with Gasteiger partial charge in [-0.05, 0) is 17.7 Å². The van der Waals surface area contributed by atoms with Crippen molar-refractivity contribution in [3.63, 3.8) is 0 Å². The molecule has 0 unspecified atom stereocenters. The van der Waals surface area contributed by atoms with Crippen molar-refractivity contribution in [3.8, 4) is 11.1 Å². The van der Waals surface area contributed by atoms with E-state index in [1.54, 1.807) is 17.5 Å². The van der Waals surface area contributed by atoms with Crippen LogP contribution in [0.2, 0.25) is 5.02 Å². The average molecular weight is 411 g/mol. The van der Waals surface area contributed by atoms with Crippen molar-refractivity contribution >= 4 is 44.7 Å². The quantitative estimate of drug-likeness (QED) is 0.380. The summed E-state index contributed by atoms with van der Waals surface area (Å²) in [6.07, 6.45) is 1.77. The molecule has 0 fully saturated rings. The van der Waals surface area contributed by atoms with Gasteiger partial charge in [0.1, 0.15) is 10.5 Å². The maximum atomic E-state index is 8.91. The van der Waals surface area contributed by atoms with Gasteiger partial charge in [0, 0.05) is 24.8 Å². The van der Waals surface area contributed by atoms with E-state index in [0.717, 1.165) is 32.0 Å². The van der Waals surface area contributed by atoms with Crippen molar-refractivity contribution in [1.82, 2.24) is 15.3 Å². The molecule has 0 amide bonds. The highest BCUT2D eigenvalue weighted by molar-refractivity contribution is 7.18. The number of aliphatic hydroxyl groups is 1. The lowest BCUT2D eigenvalue weighted by Gasteiger charge is -2.12. The first-order valence-electron chi connectivity index (χ1n) is 8.93. The summed E-state index contributed by atoms with van der Waals surface area (Å²) in [5.74, 6) is 0.675. The van der Waals surface area contributed by atoms with E-state index >= 15 is 0 Å². The van der Waals surface area contributed by atoms with Gasteiger partial charge in [0.2, 0.25) is 0 Å². The molecule has 2 aromatic carbocycles. The second-order valence-corrected chi connectivity index (χ2v) is 7.67. The lowest BCUT2D eigenvalue weighted by atomic mass is 10.1. The molecule has 0 saturated heterocycles. The Hall–Kier alpha value is -2.51. The topological polar surface area (TPSA) is 70.1 Å². The zero-order valence-electron chi connectivity index (χ0n) is 15.0. The second kappa shape index (κ2) is 8.67. The van der Waals surface area contributed by atoms with E-state index in [0.29, 0.717) is 23.9 Å². The van der Waals surface area contributed by atoms with Crippen LogP contribution < -0.4 is 10.6 Å². The van der Waals surface area contributed by atoms with E-state index < -0.39 is 0 Å². The number of aromatic nitrogens is 2. The molecular formula is C21H19ClN4OS. The summed E-state index contributed by atoms with van der Waals surface area (Å²) in [6.45, 7) is 1.26. The zero-order valence-corrected chi connectivity index (χ0v) is 16.6. The number of nitrogens with zero attached hydrogens (tertiary/aromatic N) is 2. The molecule has 7 heteroatoms. The first kappa shape index (κ1) is 18.8. The molecule has 5 nitrogen and oxygen atoms in total. The number of hydrogen-bond acceptors (Lipinski definition) is 6. The molecule has 0 radical (unpaired) electrons. The molecule has 0 aliphatic rings. The Bertz CT molecular complexity index is 1080. The van der Waals surface area contributed by atoms with Crippen LogP contribution in [0.25, 0.3) is 21.3 Å². The van der Waals surface area contributed by atoms with Gasteiger partial charge in [-0.15, -0.1) is 11.3 Å². The smallest absolute Gasteiger partial charge is 0.157 e. The minimum Gasteiger partial charge on any atom is -0.395 e. The molecule has 0 atom stereocenters. The number of halogens is 1. The van der Waals surface area contributed by atoms with E-state index in [1.165, 1.54) is 0 Å². The predicted octanol–water partition coefficient (Wildman–Crippen LogP) is 4.84. The Morgan fingerprint density at radius 3 is 2.71 bits per heavy atom. The monoisotopic (exact) mass is 410 g/mol. The highest BCUT2D eigenvalue weighted by Crippen LogP contribution is 2.36. The summed E-state index contributed by atoms with van der Waals surface area (Å²) in [5.41, 5.74) is 3.63. The molecule has 0 aliphatic carbocycles. The van der Waals surface area contributed by atoms with Crippen molar-refractivity contribution in [2.75, 3.05) is 18.5 Å². The molecule has 2 heterocycles. The number of pyridine rings is 1. The van der Waals surface area contributed by atoms with Crippen molar-refractivity contribution in [2.24, 2.45) is 0 Å². The molecule has 0 bridgehead atoms. The summed E-state index contributed by atoms with van der Waals surface area (Å²) in [7, 11) is 0. The fourth-order valence-electron chi connectivity index (χ4n) is 2.94. The summed E-state index contributed by atoms with van der Waals surface area (Å²) in [6, 6.07) is 17.9. The maximum absolute atomic E-state index is 8.91. The Morgan fingerprint density at radius 2 is 1.89 bits per heavy atom. The molecular weight excluding hydrogens is 392 g/mol. The van der Waals surface area contributed by atoms with E-state index in [1.807, 2.05) is 54.6 Å².